The van der Waals surface area contributed by atoms with Crippen molar-refractivity contribution in [1.29, 1.82) is 0 Å². The van der Waals surface area contributed by atoms with E-state index in [1.807, 2.05) is 31.2 Å². The topological polar surface area (TPSA) is 86.7 Å². The number of carbonyl (C=O) groups excluding carboxylic acids is 2. The van der Waals surface area contributed by atoms with Gasteiger partial charge in [-0.25, -0.2) is 0 Å². The number of aliphatic carboxylic acids is 1. The number of amides is 2. The van der Waals surface area contributed by atoms with Crippen LogP contribution in [0.4, 0.5) is 5.69 Å². The lowest BCUT2D eigenvalue weighted by Gasteiger charge is -2.38. The zero-order valence-corrected chi connectivity index (χ0v) is 14.5. The van der Waals surface area contributed by atoms with Crippen LogP contribution in [0, 0.1) is 12.3 Å². The molecule has 1 saturated carbocycles. The maximum Gasteiger partial charge on any atom is 0.310 e. The Labute approximate surface area is 147 Å². The summed E-state index contributed by atoms with van der Waals surface area (Å²) >= 11 is 0. The van der Waals surface area contributed by atoms with Crippen molar-refractivity contribution in [1.82, 2.24) is 5.32 Å². The molecule has 0 radical (unpaired) electrons. The second-order valence-corrected chi connectivity index (χ2v) is 7.20. The first kappa shape index (κ1) is 17.5. The summed E-state index contributed by atoms with van der Waals surface area (Å²) in [6, 6.07) is 7.15. The lowest BCUT2D eigenvalue weighted by atomic mass is 9.66. The maximum atomic E-state index is 12.7. The molecule has 6 heteroatoms. The van der Waals surface area contributed by atoms with Crippen molar-refractivity contribution in [2.45, 2.75) is 51.5 Å². The molecular formula is C19H24N2O4. The van der Waals surface area contributed by atoms with E-state index < -0.39 is 17.4 Å². The number of hydrogen-bond donors (Lipinski definition) is 2. The lowest BCUT2D eigenvalue weighted by Crippen LogP contribution is -2.53. The first-order valence-electron chi connectivity index (χ1n) is 8.82. The Balaban J connectivity index is 1.64. The molecular weight excluding hydrogens is 320 g/mol. The highest BCUT2D eigenvalue weighted by Crippen LogP contribution is 2.44. The number of aryl methyl sites for hydroxylation is 1. The molecule has 1 heterocycles. The van der Waals surface area contributed by atoms with Crippen molar-refractivity contribution in [2.24, 2.45) is 5.41 Å². The molecule has 1 aromatic carbocycles. The molecule has 1 unspecified atom stereocenters. The SMILES string of the molecule is Cc1ccc(N2CCCC(NC(=O)CC3(C(=O)O)CCC3)C2=O)cc1. The Hall–Kier alpha value is -2.37. The van der Waals surface area contributed by atoms with Crippen molar-refractivity contribution < 1.29 is 19.5 Å². The molecule has 134 valence electrons. The number of nitrogens with zero attached hydrogens (tertiary/aromatic N) is 1. The van der Waals surface area contributed by atoms with E-state index in [4.69, 9.17) is 0 Å². The van der Waals surface area contributed by atoms with Gasteiger partial charge in [0.1, 0.15) is 6.04 Å². The highest BCUT2D eigenvalue weighted by molar-refractivity contribution is 6.00. The van der Waals surface area contributed by atoms with Gasteiger partial charge in [0.25, 0.3) is 0 Å². The van der Waals surface area contributed by atoms with E-state index >= 15 is 0 Å². The molecule has 0 spiro atoms. The number of anilines is 1. The molecule has 2 N–H and O–H groups in total. The number of carboxylic acids is 1. The normalized spacial score (nSPS) is 22.2. The first-order chi connectivity index (χ1) is 11.9. The third-order valence-corrected chi connectivity index (χ3v) is 5.38. The summed E-state index contributed by atoms with van der Waals surface area (Å²) in [6.07, 6.45) is 3.25. The molecule has 2 amide bonds. The Morgan fingerprint density at radius 2 is 1.92 bits per heavy atom. The van der Waals surface area contributed by atoms with Crippen LogP contribution in [0.1, 0.15) is 44.1 Å². The van der Waals surface area contributed by atoms with Gasteiger partial charge in [-0.05, 0) is 44.7 Å². The quantitative estimate of drug-likeness (QED) is 0.858. The number of carbonyl (C=O) groups is 3. The zero-order chi connectivity index (χ0) is 18.0. The molecule has 1 aliphatic carbocycles. The Kier molecular flexibility index (Phi) is 4.79. The molecule has 6 nitrogen and oxygen atoms in total. The predicted octanol–water partition coefficient (Wildman–Crippen LogP) is 2.25. The van der Waals surface area contributed by atoms with Crippen molar-refractivity contribution >= 4 is 23.5 Å². The summed E-state index contributed by atoms with van der Waals surface area (Å²) in [5.74, 6) is -1.38. The third kappa shape index (κ3) is 3.52. The van der Waals surface area contributed by atoms with Crippen LogP contribution in [0.5, 0.6) is 0 Å². The number of carboxylic acid groups (broad SMARTS) is 1. The van der Waals surface area contributed by atoms with Crippen LogP contribution >= 0.6 is 0 Å². The monoisotopic (exact) mass is 344 g/mol. The molecule has 1 saturated heterocycles. The van der Waals surface area contributed by atoms with Crippen molar-refractivity contribution in [3.8, 4) is 0 Å². The van der Waals surface area contributed by atoms with Crippen LogP contribution in [0.25, 0.3) is 0 Å². The average Bonchev–Trinajstić information content (AvgIpc) is 2.53. The Morgan fingerprint density at radius 1 is 1.24 bits per heavy atom. The minimum atomic E-state index is -0.932. The largest absolute Gasteiger partial charge is 0.481 e. The fraction of sp³-hybridized carbons (Fsp3) is 0.526. The van der Waals surface area contributed by atoms with Gasteiger partial charge in [-0.15, -0.1) is 0 Å². The number of piperidine rings is 1. The fourth-order valence-corrected chi connectivity index (χ4v) is 3.61. The van der Waals surface area contributed by atoms with Crippen molar-refractivity contribution in [2.75, 3.05) is 11.4 Å². The predicted molar refractivity (Wildman–Crippen MR) is 93.2 cm³/mol. The summed E-state index contributed by atoms with van der Waals surface area (Å²) < 4.78 is 0. The van der Waals surface area contributed by atoms with E-state index in [-0.39, 0.29) is 18.2 Å². The molecule has 0 bridgehead atoms. The second kappa shape index (κ2) is 6.86. The van der Waals surface area contributed by atoms with E-state index in [1.54, 1.807) is 4.90 Å². The van der Waals surface area contributed by atoms with Gasteiger partial charge in [0.05, 0.1) is 5.41 Å². The number of hydrogen-bond acceptors (Lipinski definition) is 3. The molecule has 1 atom stereocenters. The van der Waals surface area contributed by atoms with Crippen LogP contribution in [-0.2, 0) is 14.4 Å². The minimum absolute atomic E-state index is 0.0450. The van der Waals surface area contributed by atoms with Gasteiger partial charge in [0.15, 0.2) is 0 Å². The van der Waals surface area contributed by atoms with Gasteiger partial charge in [-0.2, -0.15) is 0 Å². The molecule has 25 heavy (non-hydrogen) atoms. The fourth-order valence-electron chi connectivity index (χ4n) is 3.61. The van der Waals surface area contributed by atoms with Crippen molar-refractivity contribution in [3.05, 3.63) is 29.8 Å². The van der Waals surface area contributed by atoms with Crippen LogP contribution in [0.2, 0.25) is 0 Å². The Bertz CT molecular complexity index is 679. The second-order valence-electron chi connectivity index (χ2n) is 7.20. The summed E-state index contributed by atoms with van der Waals surface area (Å²) in [4.78, 5) is 38.1. The maximum absolute atomic E-state index is 12.7. The van der Waals surface area contributed by atoms with Gasteiger partial charge in [0, 0.05) is 18.7 Å². The smallest absolute Gasteiger partial charge is 0.310 e. The standard InChI is InChI=1S/C19H24N2O4/c1-13-5-7-14(8-6-13)21-11-2-4-15(17(21)23)20-16(22)12-19(18(24)25)9-3-10-19/h5-8,15H,2-4,9-12H2,1H3,(H,20,22)(H,24,25). The van der Waals surface area contributed by atoms with Crippen LogP contribution in [0.15, 0.2) is 24.3 Å². The molecule has 0 aromatic heterocycles. The lowest BCUT2D eigenvalue weighted by molar-refractivity contribution is -0.157. The van der Waals surface area contributed by atoms with E-state index in [2.05, 4.69) is 5.32 Å². The molecule has 2 fully saturated rings. The summed E-state index contributed by atoms with van der Waals surface area (Å²) in [6.45, 7) is 2.62. The average molecular weight is 344 g/mol. The number of benzene rings is 1. The van der Waals surface area contributed by atoms with Crippen LogP contribution in [0.3, 0.4) is 0 Å². The van der Waals surface area contributed by atoms with Gasteiger partial charge >= 0.3 is 5.97 Å². The van der Waals surface area contributed by atoms with E-state index in [1.165, 1.54) is 0 Å². The van der Waals surface area contributed by atoms with Gasteiger partial charge in [-0.3, -0.25) is 14.4 Å². The highest BCUT2D eigenvalue weighted by Gasteiger charge is 2.46. The summed E-state index contributed by atoms with van der Waals surface area (Å²) in [5, 5.41) is 12.1. The van der Waals surface area contributed by atoms with Gasteiger partial charge in [0.2, 0.25) is 11.8 Å². The highest BCUT2D eigenvalue weighted by atomic mass is 16.4. The molecule has 3 rings (SSSR count). The zero-order valence-electron chi connectivity index (χ0n) is 14.5. The molecule has 1 aromatic rings. The van der Waals surface area contributed by atoms with E-state index in [0.29, 0.717) is 25.8 Å². The number of nitrogens with one attached hydrogen (secondary N) is 1. The molecule has 2 aliphatic rings. The van der Waals surface area contributed by atoms with Crippen LogP contribution < -0.4 is 10.2 Å². The Morgan fingerprint density at radius 3 is 2.48 bits per heavy atom. The minimum Gasteiger partial charge on any atom is -0.481 e. The molecule has 1 aliphatic heterocycles. The third-order valence-electron chi connectivity index (χ3n) is 5.38. The summed E-state index contributed by atoms with van der Waals surface area (Å²) in [7, 11) is 0. The van der Waals surface area contributed by atoms with Gasteiger partial charge in [-0.1, -0.05) is 24.1 Å². The number of rotatable bonds is 5. The first-order valence-corrected chi connectivity index (χ1v) is 8.82. The van der Waals surface area contributed by atoms with E-state index in [9.17, 15) is 19.5 Å². The van der Waals surface area contributed by atoms with Crippen molar-refractivity contribution in [3.63, 3.8) is 0 Å². The summed E-state index contributed by atoms with van der Waals surface area (Å²) in [5.41, 5.74) is 1.02. The van der Waals surface area contributed by atoms with Crippen LogP contribution in [-0.4, -0.2) is 35.5 Å². The van der Waals surface area contributed by atoms with Gasteiger partial charge < -0.3 is 15.3 Å². The van der Waals surface area contributed by atoms with E-state index in [0.717, 1.165) is 24.1 Å².